The van der Waals surface area contributed by atoms with E-state index in [2.05, 4.69) is 37.4 Å². The average Bonchev–Trinajstić information content (AvgIpc) is 3.15. The lowest BCUT2D eigenvalue weighted by Gasteiger charge is -2.36. The van der Waals surface area contributed by atoms with Crippen molar-refractivity contribution in [2.24, 2.45) is 0 Å². The molecular formula is C21H26N6O. The third kappa shape index (κ3) is 4.34. The molecule has 2 aromatic rings. The Kier molecular flexibility index (Phi) is 5.58. The smallest absolute Gasteiger partial charge is 0.319 e. The first-order valence-corrected chi connectivity index (χ1v) is 10.1. The molecule has 1 saturated carbocycles. The highest BCUT2D eigenvalue weighted by atomic mass is 16.2. The summed E-state index contributed by atoms with van der Waals surface area (Å²) in [6, 6.07) is 11.4. The number of nitrogens with zero attached hydrogens (tertiary/aromatic N) is 4. The summed E-state index contributed by atoms with van der Waals surface area (Å²) in [5.74, 6) is 0. The highest BCUT2D eigenvalue weighted by Gasteiger charge is 2.25. The summed E-state index contributed by atoms with van der Waals surface area (Å²) in [6.45, 7) is 3.30. The van der Waals surface area contributed by atoms with E-state index in [0.717, 1.165) is 25.3 Å². The van der Waals surface area contributed by atoms with Gasteiger partial charge in [-0.3, -0.25) is 9.58 Å². The highest BCUT2D eigenvalue weighted by molar-refractivity contribution is 5.89. The van der Waals surface area contributed by atoms with E-state index in [1.54, 1.807) is 24.3 Å². The van der Waals surface area contributed by atoms with E-state index in [4.69, 9.17) is 5.26 Å². The second-order valence-electron chi connectivity index (χ2n) is 7.61. The number of fused-ring (bicyclic) bond motifs is 1. The lowest BCUT2D eigenvalue weighted by Crippen LogP contribution is -2.42. The van der Waals surface area contributed by atoms with Gasteiger partial charge in [0.15, 0.2) is 0 Å². The maximum absolute atomic E-state index is 12.1. The summed E-state index contributed by atoms with van der Waals surface area (Å²) in [7, 11) is 0. The minimum absolute atomic E-state index is 0.301. The summed E-state index contributed by atoms with van der Waals surface area (Å²) in [4.78, 5) is 14.7. The molecular weight excluding hydrogens is 352 g/mol. The molecule has 7 nitrogen and oxygen atoms in total. The minimum Gasteiger partial charge on any atom is -0.332 e. The third-order valence-electron chi connectivity index (χ3n) is 5.65. The van der Waals surface area contributed by atoms with Crippen LogP contribution in [0.15, 0.2) is 30.3 Å². The van der Waals surface area contributed by atoms with E-state index < -0.39 is 0 Å². The van der Waals surface area contributed by atoms with Crippen LogP contribution in [0.2, 0.25) is 0 Å². The van der Waals surface area contributed by atoms with Gasteiger partial charge >= 0.3 is 6.03 Å². The first kappa shape index (κ1) is 18.5. The second-order valence-corrected chi connectivity index (χ2v) is 7.61. The first-order valence-electron chi connectivity index (χ1n) is 10.1. The molecule has 1 aromatic heterocycles. The number of rotatable bonds is 4. The Morgan fingerprint density at radius 1 is 1.21 bits per heavy atom. The second kappa shape index (κ2) is 8.44. The minimum atomic E-state index is -0.301. The molecule has 0 spiro atoms. The van der Waals surface area contributed by atoms with Crippen molar-refractivity contribution in [1.29, 1.82) is 5.26 Å². The van der Waals surface area contributed by atoms with Crippen LogP contribution >= 0.6 is 0 Å². The van der Waals surface area contributed by atoms with E-state index in [1.807, 2.05) is 0 Å². The van der Waals surface area contributed by atoms with Gasteiger partial charge < -0.3 is 10.6 Å². The molecule has 1 aromatic carbocycles. The molecule has 2 aliphatic rings. The van der Waals surface area contributed by atoms with Crippen LogP contribution in [0.5, 0.6) is 0 Å². The summed E-state index contributed by atoms with van der Waals surface area (Å²) in [5.41, 5.74) is 3.23. The Morgan fingerprint density at radius 2 is 2.07 bits per heavy atom. The van der Waals surface area contributed by atoms with Crippen molar-refractivity contribution in [3.8, 4) is 6.07 Å². The Balaban J connectivity index is 1.31. The van der Waals surface area contributed by atoms with Gasteiger partial charge in [-0.05, 0) is 37.1 Å². The summed E-state index contributed by atoms with van der Waals surface area (Å²) in [5, 5.41) is 19.2. The van der Waals surface area contributed by atoms with Gasteiger partial charge in [0.25, 0.3) is 0 Å². The van der Waals surface area contributed by atoms with Crippen LogP contribution in [0, 0.1) is 11.3 Å². The molecule has 146 valence electrons. The van der Waals surface area contributed by atoms with Crippen LogP contribution in [0.1, 0.15) is 49.1 Å². The molecule has 0 bridgehead atoms. The van der Waals surface area contributed by atoms with Gasteiger partial charge in [0.1, 0.15) is 0 Å². The van der Waals surface area contributed by atoms with E-state index in [1.165, 1.54) is 37.8 Å². The van der Waals surface area contributed by atoms with Gasteiger partial charge in [0.2, 0.25) is 0 Å². The number of urea groups is 1. The van der Waals surface area contributed by atoms with Crippen molar-refractivity contribution < 1.29 is 4.79 Å². The molecule has 2 N–H and O–H groups in total. The van der Waals surface area contributed by atoms with Crippen LogP contribution in [0.4, 0.5) is 10.5 Å². The van der Waals surface area contributed by atoms with Gasteiger partial charge in [-0.2, -0.15) is 10.4 Å². The molecule has 1 fully saturated rings. The van der Waals surface area contributed by atoms with E-state index >= 15 is 0 Å². The molecule has 0 atom stereocenters. The Hall–Kier alpha value is -2.85. The number of benzene rings is 1. The molecule has 0 saturated heterocycles. The number of aromatic nitrogens is 2. The number of anilines is 1. The number of hydrogen-bond donors (Lipinski definition) is 2. The molecule has 1 aliphatic carbocycles. The van der Waals surface area contributed by atoms with Crippen molar-refractivity contribution in [2.75, 3.05) is 11.9 Å². The maximum atomic E-state index is 12.1. The third-order valence-corrected chi connectivity index (χ3v) is 5.65. The fraction of sp³-hybridized carbons (Fsp3) is 0.476. The molecule has 2 heterocycles. The van der Waals surface area contributed by atoms with Gasteiger partial charge in [0.05, 0.1) is 36.1 Å². The lowest BCUT2D eigenvalue weighted by molar-refractivity contribution is 0.119. The summed E-state index contributed by atoms with van der Waals surface area (Å²) in [6.07, 6.45) is 6.70. The zero-order chi connectivity index (χ0) is 19.3. The number of amides is 2. The van der Waals surface area contributed by atoms with Gasteiger partial charge in [0, 0.05) is 24.8 Å². The van der Waals surface area contributed by atoms with Crippen molar-refractivity contribution in [2.45, 2.75) is 57.8 Å². The Morgan fingerprint density at radius 3 is 2.89 bits per heavy atom. The topological polar surface area (TPSA) is 86.0 Å². The maximum Gasteiger partial charge on any atom is 0.319 e. The Bertz CT molecular complexity index is 877. The summed E-state index contributed by atoms with van der Waals surface area (Å²) < 4.78 is 2.07. The monoisotopic (exact) mass is 378 g/mol. The van der Waals surface area contributed by atoms with Crippen molar-refractivity contribution >= 4 is 11.7 Å². The number of nitriles is 1. The summed E-state index contributed by atoms with van der Waals surface area (Å²) >= 11 is 0. The normalized spacial score (nSPS) is 17.5. The molecule has 4 rings (SSSR count). The van der Waals surface area contributed by atoms with Gasteiger partial charge in [-0.1, -0.05) is 25.3 Å². The molecule has 0 radical (unpaired) electrons. The zero-order valence-electron chi connectivity index (χ0n) is 16.0. The molecule has 1 aliphatic heterocycles. The molecule has 2 amide bonds. The quantitative estimate of drug-likeness (QED) is 0.855. The number of nitrogens with one attached hydrogen (secondary N) is 2. The highest BCUT2D eigenvalue weighted by Crippen LogP contribution is 2.26. The predicted molar refractivity (Wildman–Crippen MR) is 107 cm³/mol. The van der Waals surface area contributed by atoms with Crippen LogP contribution in [-0.4, -0.2) is 33.3 Å². The van der Waals surface area contributed by atoms with E-state index in [0.29, 0.717) is 23.8 Å². The van der Waals surface area contributed by atoms with Crippen LogP contribution in [0.25, 0.3) is 0 Å². The average molecular weight is 378 g/mol. The standard InChI is InChI=1S/C21H26N6O/c22-13-16-5-4-6-17(11-16)24-21(28)23-14-18-12-20-15-26(9-10-27(20)25-18)19-7-2-1-3-8-19/h4-6,11-12,19H,1-3,7-10,14-15H2,(H2,23,24,28). The number of hydrogen-bond acceptors (Lipinski definition) is 4. The number of carbonyl (C=O) groups excluding carboxylic acids is 1. The number of carbonyl (C=O) groups is 1. The fourth-order valence-corrected chi connectivity index (χ4v) is 4.20. The first-order chi connectivity index (χ1) is 13.7. The SMILES string of the molecule is N#Cc1cccc(NC(=O)NCc2cc3n(n2)CCN(C2CCCCC2)C3)c1. The van der Waals surface area contributed by atoms with E-state index in [9.17, 15) is 4.79 Å². The van der Waals surface area contributed by atoms with Crippen molar-refractivity contribution in [1.82, 2.24) is 20.0 Å². The molecule has 0 unspecified atom stereocenters. The zero-order valence-corrected chi connectivity index (χ0v) is 16.0. The van der Waals surface area contributed by atoms with Crippen molar-refractivity contribution in [3.05, 3.63) is 47.3 Å². The predicted octanol–water partition coefficient (Wildman–Crippen LogP) is 3.22. The molecule has 7 heteroatoms. The van der Waals surface area contributed by atoms with Crippen LogP contribution in [-0.2, 0) is 19.6 Å². The van der Waals surface area contributed by atoms with E-state index in [-0.39, 0.29) is 6.03 Å². The van der Waals surface area contributed by atoms with Gasteiger partial charge in [-0.25, -0.2) is 4.79 Å². The van der Waals surface area contributed by atoms with Crippen LogP contribution in [0.3, 0.4) is 0 Å². The van der Waals surface area contributed by atoms with Crippen LogP contribution < -0.4 is 10.6 Å². The Labute approximate surface area is 165 Å². The molecule has 28 heavy (non-hydrogen) atoms. The van der Waals surface area contributed by atoms with Gasteiger partial charge in [-0.15, -0.1) is 0 Å². The lowest BCUT2D eigenvalue weighted by atomic mass is 9.94. The fourth-order valence-electron chi connectivity index (χ4n) is 4.20. The van der Waals surface area contributed by atoms with Crippen molar-refractivity contribution in [3.63, 3.8) is 0 Å². The largest absolute Gasteiger partial charge is 0.332 e.